The van der Waals surface area contributed by atoms with Gasteiger partial charge in [0.1, 0.15) is 0 Å². The van der Waals surface area contributed by atoms with Crippen LogP contribution >= 0.6 is 23.2 Å². The summed E-state index contributed by atoms with van der Waals surface area (Å²) in [4.78, 5) is 37.6. The Morgan fingerprint density at radius 1 is 1.11 bits per heavy atom. The van der Waals surface area contributed by atoms with Crippen LogP contribution in [0.25, 0.3) is 0 Å². The first-order chi connectivity index (χ1) is 12.9. The van der Waals surface area contributed by atoms with Crippen molar-refractivity contribution in [2.75, 3.05) is 23.4 Å². The Morgan fingerprint density at radius 2 is 1.85 bits per heavy atom. The van der Waals surface area contributed by atoms with Crippen LogP contribution in [0.5, 0.6) is 0 Å². The maximum atomic E-state index is 12.2. The summed E-state index contributed by atoms with van der Waals surface area (Å²) in [6.45, 7) is 0.164. The van der Waals surface area contributed by atoms with Crippen molar-refractivity contribution in [1.82, 2.24) is 0 Å². The molecule has 3 rings (SSSR count). The number of nitrogens with one attached hydrogen (secondary N) is 1. The zero-order valence-electron chi connectivity index (χ0n) is 14.2. The lowest BCUT2D eigenvalue weighted by Crippen LogP contribution is -2.24. The Labute approximate surface area is 166 Å². The van der Waals surface area contributed by atoms with E-state index in [-0.39, 0.29) is 11.5 Å². The number of benzene rings is 2. The van der Waals surface area contributed by atoms with Gasteiger partial charge in [-0.3, -0.25) is 9.59 Å². The van der Waals surface area contributed by atoms with E-state index in [1.807, 2.05) is 0 Å². The van der Waals surface area contributed by atoms with Gasteiger partial charge in [0, 0.05) is 34.4 Å². The number of carbonyl (C=O) groups excluding carboxylic acids is 3. The van der Waals surface area contributed by atoms with Crippen molar-refractivity contribution in [2.24, 2.45) is 0 Å². The fourth-order valence-electron chi connectivity index (χ4n) is 2.76. The third-order valence-corrected chi connectivity index (χ3v) is 4.38. The average Bonchev–Trinajstić information content (AvgIpc) is 3.05. The van der Waals surface area contributed by atoms with E-state index in [2.05, 4.69) is 5.32 Å². The summed E-state index contributed by atoms with van der Waals surface area (Å²) in [5, 5.41) is 3.31. The highest BCUT2D eigenvalue weighted by atomic mass is 35.5. The van der Waals surface area contributed by atoms with Crippen molar-refractivity contribution in [1.29, 1.82) is 0 Å². The van der Waals surface area contributed by atoms with Gasteiger partial charge in [0.2, 0.25) is 5.91 Å². The number of esters is 1. The van der Waals surface area contributed by atoms with Crippen LogP contribution in [0, 0.1) is 0 Å². The zero-order valence-corrected chi connectivity index (χ0v) is 15.7. The maximum absolute atomic E-state index is 12.2. The summed E-state index contributed by atoms with van der Waals surface area (Å²) in [7, 11) is 0. The van der Waals surface area contributed by atoms with E-state index >= 15 is 0 Å². The smallest absolute Gasteiger partial charge is 0.338 e. The Bertz CT molecular complexity index is 881. The third kappa shape index (κ3) is 4.99. The molecule has 0 atom stereocenters. The lowest BCUT2D eigenvalue weighted by Gasteiger charge is -2.16. The van der Waals surface area contributed by atoms with Gasteiger partial charge in [0.25, 0.3) is 5.91 Å². The van der Waals surface area contributed by atoms with Crippen molar-refractivity contribution in [2.45, 2.75) is 12.8 Å². The molecule has 2 amide bonds. The zero-order chi connectivity index (χ0) is 19.4. The summed E-state index contributed by atoms with van der Waals surface area (Å²) in [6.07, 6.45) is 1.30. The van der Waals surface area contributed by atoms with Gasteiger partial charge in [-0.2, -0.15) is 0 Å². The highest BCUT2D eigenvalue weighted by Crippen LogP contribution is 2.23. The second-order valence-electron chi connectivity index (χ2n) is 5.98. The predicted molar refractivity (Wildman–Crippen MR) is 103 cm³/mol. The highest BCUT2D eigenvalue weighted by molar-refractivity contribution is 6.35. The first kappa shape index (κ1) is 19.2. The molecule has 2 aromatic rings. The van der Waals surface area contributed by atoms with E-state index in [0.717, 1.165) is 6.42 Å². The number of rotatable bonds is 5. The maximum Gasteiger partial charge on any atom is 0.338 e. The fourth-order valence-corrected chi connectivity index (χ4v) is 3.29. The number of amides is 2. The minimum Gasteiger partial charge on any atom is -0.452 e. The topological polar surface area (TPSA) is 75.7 Å². The van der Waals surface area contributed by atoms with Gasteiger partial charge < -0.3 is 15.0 Å². The van der Waals surface area contributed by atoms with E-state index in [9.17, 15) is 14.4 Å². The van der Waals surface area contributed by atoms with Crippen molar-refractivity contribution in [3.8, 4) is 0 Å². The number of ether oxygens (including phenoxy) is 1. The molecular weight excluding hydrogens is 391 g/mol. The van der Waals surface area contributed by atoms with Crippen molar-refractivity contribution >= 4 is 52.4 Å². The number of halogens is 2. The van der Waals surface area contributed by atoms with E-state index in [4.69, 9.17) is 27.9 Å². The molecule has 1 heterocycles. The van der Waals surface area contributed by atoms with Crippen LogP contribution in [0.1, 0.15) is 23.2 Å². The standard InChI is InChI=1S/C19H16Cl2N2O4/c20-13-8-14(21)10-15(9-13)22-17(24)11-27-19(26)12-3-1-4-16(7-12)23-6-2-5-18(23)25/h1,3-4,7-10H,2,5-6,11H2,(H,22,24). The first-order valence-electron chi connectivity index (χ1n) is 8.26. The van der Waals surface area contributed by atoms with Crippen LogP contribution in [0.3, 0.4) is 0 Å². The second kappa shape index (κ2) is 8.41. The van der Waals surface area contributed by atoms with Crippen LogP contribution < -0.4 is 10.2 Å². The van der Waals surface area contributed by atoms with Crippen LogP contribution in [-0.2, 0) is 14.3 Å². The SMILES string of the molecule is O=C(COC(=O)c1cccc(N2CCCC2=O)c1)Nc1cc(Cl)cc(Cl)c1. The van der Waals surface area contributed by atoms with Gasteiger partial charge in [0.15, 0.2) is 6.61 Å². The molecule has 1 aliphatic rings. The van der Waals surface area contributed by atoms with E-state index in [1.54, 1.807) is 29.2 Å². The summed E-state index contributed by atoms with van der Waals surface area (Å²) < 4.78 is 5.05. The van der Waals surface area contributed by atoms with E-state index in [0.29, 0.717) is 34.4 Å². The Balaban J connectivity index is 1.59. The largest absolute Gasteiger partial charge is 0.452 e. The van der Waals surface area contributed by atoms with Gasteiger partial charge in [-0.05, 0) is 42.8 Å². The van der Waals surface area contributed by atoms with Gasteiger partial charge in [-0.1, -0.05) is 29.3 Å². The molecule has 0 aliphatic carbocycles. The molecule has 0 bridgehead atoms. The van der Waals surface area contributed by atoms with Crippen molar-refractivity contribution in [3.05, 3.63) is 58.1 Å². The molecule has 1 saturated heterocycles. The molecule has 0 unspecified atom stereocenters. The van der Waals surface area contributed by atoms with Crippen LogP contribution in [-0.4, -0.2) is 30.9 Å². The fraction of sp³-hybridized carbons (Fsp3) is 0.211. The molecule has 6 nitrogen and oxygen atoms in total. The summed E-state index contributed by atoms with van der Waals surface area (Å²) in [5.41, 5.74) is 1.32. The Kier molecular flexibility index (Phi) is 5.98. The number of hydrogen-bond acceptors (Lipinski definition) is 4. The Hall–Kier alpha value is -2.57. The molecule has 8 heteroatoms. The van der Waals surface area contributed by atoms with Crippen LogP contribution in [0.2, 0.25) is 10.0 Å². The molecular formula is C19H16Cl2N2O4. The molecule has 0 saturated carbocycles. The highest BCUT2D eigenvalue weighted by Gasteiger charge is 2.22. The summed E-state index contributed by atoms with van der Waals surface area (Å²) in [6, 6.07) is 11.2. The van der Waals surface area contributed by atoms with Crippen molar-refractivity contribution in [3.63, 3.8) is 0 Å². The number of nitrogens with zero attached hydrogens (tertiary/aromatic N) is 1. The quantitative estimate of drug-likeness (QED) is 0.763. The number of anilines is 2. The third-order valence-electron chi connectivity index (χ3n) is 3.95. The molecule has 1 aliphatic heterocycles. The lowest BCUT2D eigenvalue weighted by molar-refractivity contribution is -0.119. The van der Waals surface area contributed by atoms with Gasteiger partial charge in [-0.15, -0.1) is 0 Å². The Morgan fingerprint density at radius 3 is 2.52 bits per heavy atom. The first-order valence-corrected chi connectivity index (χ1v) is 9.01. The molecule has 1 N–H and O–H groups in total. The minimum atomic E-state index is -0.650. The molecule has 0 aromatic heterocycles. The molecule has 0 spiro atoms. The molecule has 27 heavy (non-hydrogen) atoms. The van der Waals surface area contributed by atoms with Gasteiger partial charge in [-0.25, -0.2) is 4.79 Å². The van der Waals surface area contributed by atoms with Gasteiger partial charge >= 0.3 is 5.97 Å². The summed E-state index contributed by atoms with van der Waals surface area (Å²) >= 11 is 11.7. The summed E-state index contributed by atoms with van der Waals surface area (Å²) in [5.74, 6) is -1.14. The van der Waals surface area contributed by atoms with Crippen molar-refractivity contribution < 1.29 is 19.1 Å². The molecule has 1 fully saturated rings. The predicted octanol–water partition coefficient (Wildman–Crippen LogP) is 3.92. The van der Waals surface area contributed by atoms with Crippen LogP contribution in [0.15, 0.2) is 42.5 Å². The van der Waals surface area contributed by atoms with Gasteiger partial charge in [0.05, 0.1) is 5.56 Å². The van der Waals surface area contributed by atoms with E-state index < -0.39 is 18.5 Å². The lowest BCUT2D eigenvalue weighted by atomic mass is 10.2. The number of carbonyl (C=O) groups is 3. The molecule has 0 radical (unpaired) electrons. The molecule has 2 aromatic carbocycles. The normalized spacial score (nSPS) is 13.6. The second-order valence-corrected chi connectivity index (χ2v) is 6.85. The van der Waals surface area contributed by atoms with Crippen LogP contribution in [0.4, 0.5) is 11.4 Å². The van der Waals surface area contributed by atoms with E-state index in [1.165, 1.54) is 18.2 Å². The number of hydrogen-bond donors (Lipinski definition) is 1. The average molecular weight is 407 g/mol. The minimum absolute atomic E-state index is 0.0278. The molecule has 140 valence electrons. The monoisotopic (exact) mass is 406 g/mol.